The molecule has 11 nitrogen and oxygen atoms in total. The van der Waals surface area contributed by atoms with Crippen LogP contribution in [0.5, 0.6) is 5.75 Å². The summed E-state index contributed by atoms with van der Waals surface area (Å²) >= 11 is 2.52. The standard InChI is InChI=1S/C47H54N3O8PS2Si/c1-32(58-62(7,8)47(3,4)5)41-42(39(29-56-33(2)51)40(52)30-60-46-49-48-31-61-46)50(43(41)53)44(45(54)57-28-34-24-26-35(55-6)27-25-34)59(36-18-12-9-13-19-36,37-20-14-10-15-21-37)38-22-16-11-17-23-38/h9-27,31-32,39,41-42H,28-30H2,1-8H3/t32-,39+,41-,42-/m1/s1. The molecule has 1 aliphatic rings. The summed E-state index contributed by atoms with van der Waals surface area (Å²) in [5.74, 6) is -3.33. The number of Topliss-reactive ketones (excluding diaryl/α,β-unsaturated/α-hetero) is 1. The van der Waals surface area contributed by atoms with Crippen LogP contribution < -0.4 is 20.7 Å². The van der Waals surface area contributed by atoms with Crippen LogP contribution in [-0.2, 0) is 39.7 Å². The number of aromatic nitrogens is 2. The third-order valence-electron chi connectivity index (χ3n) is 11.6. The number of thioether (sulfide) groups is 1. The van der Waals surface area contributed by atoms with Gasteiger partial charge in [-0.2, -0.15) is 0 Å². The van der Waals surface area contributed by atoms with Crippen LogP contribution in [-0.4, -0.2) is 84.1 Å². The highest BCUT2D eigenvalue weighted by Gasteiger charge is 2.60. The van der Waals surface area contributed by atoms with Crippen LogP contribution in [0.25, 0.3) is 0 Å². The van der Waals surface area contributed by atoms with Gasteiger partial charge in [0, 0.05) is 13.8 Å². The van der Waals surface area contributed by atoms with Crippen molar-refractivity contribution in [3.05, 3.63) is 126 Å². The second kappa shape index (κ2) is 20.1. The van der Waals surface area contributed by atoms with Crippen molar-refractivity contribution in [3.8, 4) is 5.75 Å². The van der Waals surface area contributed by atoms with E-state index >= 15 is 9.59 Å². The van der Waals surface area contributed by atoms with Crippen LogP contribution >= 0.6 is 30.0 Å². The Kier molecular flexibility index (Phi) is 15.1. The van der Waals surface area contributed by atoms with Gasteiger partial charge in [-0.25, -0.2) is 4.79 Å². The molecule has 5 aromatic rings. The molecule has 0 radical (unpaired) electrons. The molecule has 1 fully saturated rings. The molecule has 4 atom stereocenters. The fraction of sp³-hybridized carbons (Fsp3) is 0.340. The fourth-order valence-electron chi connectivity index (χ4n) is 7.56. The first-order valence-electron chi connectivity index (χ1n) is 20.4. The zero-order valence-electron chi connectivity index (χ0n) is 36.3. The maximum atomic E-state index is 15.6. The highest BCUT2D eigenvalue weighted by atomic mass is 32.2. The van der Waals surface area contributed by atoms with Gasteiger partial charge in [-0.05, 0) is 58.7 Å². The van der Waals surface area contributed by atoms with E-state index in [1.165, 1.54) is 34.9 Å². The van der Waals surface area contributed by atoms with E-state index in [0.29, 0.717) is 15.7 Å². The molecule has 326 valence electrons. The molecule has 1 amide bonds. The molecule has 0 unspecified atom stereocenters. The van der Waals surface area contributed by atoms with E-state index in [-0.39, 0.29) is 41.1 Å². The zero-order valence-corrected chi connectivity index (χ0v) is 39.9. The van der Waals surface area contributed by atoms with Gasteiger partial charge in [-0.3, -0.25) is 14.4 Å². The average molecular weight is 912 g/mol. The Balaban J connectivity index is 1.66. The second-order valence-electron chi connectivity index (χ2n) is 16.6. The maximum Gasteiger partial charge on any atom is 0.356 e. The van der Waals surface area contributed by atoms with Crippen molar-refractivity contribution in [3.63, 3.8) is 0 Å². The second-order valence-corrected chi connectivity index (χ2v) is 26.7. The number of carbonyl (C=O) groups is 4. The van der Waals surface area contributed by atoms with E-state index in [0.717, 1.165) is 15.9 Å². The molecule has 0 spiro atoms. The minimum absolute atomic E-state index is 0.0442. The number of nitrogens with zero attached hydrogens (tertiary/aromatic N) is 3. The van der Waals surface area contributed by atoms with E-state index in [1.807, 2.05) is 110 Å². The van der Waals surface area contributed by atoms with Crippen LogP contribution in [0.3, 0.4) is 0 Å². The highest BCUT2D eigenvalue weighted by molar-refractivity contribution is 8.01. The van der Waals surface area contributed by atoms with Gasteiger partial charge in [-0.1, -0.05) is 147 Å². The van der Waals surface area contributed by atoms with Crippen molar-refractivity contribution < 1.29 is 37.8 Å². The minimum atomic E-state index is -3.38. The number of hydrogen-bond donors (Lipinski definition) is 0. The van der Waals surface area contributed by atoms with Crippen LogP contribution in [0.15, 0.2) is 125 Å². The average Bonchev–Trinajstić information content (AvgIpc) is 3.79. The summed E-state index contributed by atoms with van der Waals surface area (Å²) in [5, 5.41) is 10.2. The van der Waals surface area contributed by atoms with E-state index in [2.05, 4.69) is 44.1 Å². The number of rotatable bonds is 18. The summed E-state index contributed by atoms with van der Waals surface area (Å²) < 4.78 is 25.0. The first-order chi connectivity index (χ1) is 29.6. The Labute approximate surface area is 373 Å². The number of hydrogen-bond acceptors (Lipinski definition) is 12. The normalized spacial score (nSPS) is 16.5. The van der Waals surface area contributed by atoms with Crippen LogP contribution in [0, 0.1) is 11.8 Å². The van der Waals surface area contributed by atoms with Gasteiger partial charge in [0.05, 0.1) is 36.8 Å². The van der Waals surface area contributed by atoms with E-state index in [9.17, 15) is 9.59 Å². The quantitative estimate of drug-likeness (QED) is 0.0285. The molecular formula is C47H54N3O8PS2Si. The van der Waals surface area contributed by atoms with Gasteiger partial charge in [-0.15, -0.1) is 10.2 Å². The summed E-state index contributed by atoms with van der Waals surface area (Å²) in [6.45, 7) is 9.93. The number of esters is 2. The third kappa shape index (κ3) is 10.0. The van der Waals surface area contributed by atoms with Crippen molar-refractivity contribution >= 4 is 83.3 Å². The Morgan fingerprint density at radius 2 is 1.40 bits per heavy atom. The number of likely N-dealkylation sites (tertiary alicyclic amines) is 1. The van der Waals surface area contributed by atoms with Crippen molar-refractivity contribution in [1.29, 1.82) is 0 Å². The maximum absolute atomic E-state index is 15.6. The monoisotopic (exact) mass is 911 g/mol. The van der Waals surface area contributed by atoms with Gasteiger partial charge in [0.1, 0.15) is 29.9 Å². The number of β-lactam (4-membered cyclic amide) rings is 1. The summed E-state index contributed by atoms with van der Waals surface area (Å²) in [6, 6.07) is 35.3. The number of amides is 1. The summed E-state index contributed by atoms with van der Waals surface area (Å²) in [4.78, 5) is 60.1. The van der Waals surface area contributed by atoms with Crippen LogP contribution in [0.2, 0.25) is 18.1 Å². The largest absolute Gasteiger partial charge is 0.497 e. The molecule has 2 heterocycles. The highest BCUT2D eigenvalue weighted by Crippen LogP contribution is 2.51. The SMILES string of the molecule is COc1ccc(COC(=O)C(N2C(=O)[C@H]([C@@H](C)O[Si](C)(C)C(C)(C)C)[C@H]2[C@@H](COC(C)=O)C(=O)CSc2nncs2)=P(c2ccccc2)(c2ccccc2)c2ccccc2)cc1. The van der Waals surface area contributed by atoms with Gasteiger partial charge < -0.3 is 23.5 Å². The smallest absolute Gasteiger partial charge is 0.356 e. The first-order valence-corrected chi connectivity index (χ1v) is 27.0. The Morgan fingerprint density at radius 3 is 1.87 bits per heavy atom. The number of benzene rings is 4. The van der Waals surface area contributed by atoms with Crippen LogP contribution in [0.1, 0.15) is 40.2 Å². The number of carbonyl (C=O) groups excluding carboxylic acids is 4. The lowest BCUT2D eigenvalue weighted by molar-refractivity contribution is -0.165. The molecule has 6 rings (SSSR count). The van der Waals surface area contributed by atoms with Gasteiger partial charge >= 0.3 is 11.9 Å². The molecular weight excluding hydrogens is 858 g/mol. The fourth-order valence-corrected chi connectivity index (χ4v) is 14.8. The van der Waals surface area contributed by atoms with E-state index in [4.69, 9.17) is 18.6 Å². The molecule has 1 aromatic heterocycles. The lowest BCUT2D eigenvalue weighted by atomic mass is 9.74. The molecule has 4 aromatic carbocycles. The van der Waals surface area contributed by atoms with Gasteiger partial charge in [0.25, 0.3) is 0 Å². The predicted molar refractivity (Wildman–Crippen MR) is 251 cm³/mol. The van der Waals surface area contributed by atoms with Gasteiger partial charge in [0.15, 0.2) is 18.4 Å². The number of ether oxygens (including phenoxy) is 3. The number of methoxy groups -OCH3 is 1. The summed E-state index contributed by atoms with van der Waals surface area (Å²) in [5.41, 5.74) is 2.40. The van der Waals surface area contributed by atoms with E-state index < -0.39 is 51.1 Å². The predicted octanol–water partition coefficient (Wildman–Crippen LogP) is 7.49. The minimum Gasteiger partial charge on any atom is -0.497 e. The molecule has 0 bridgehead atoms. The topological polar surface area (TPSA) is 134 Å². The van der Waals surface area contributed by atoms with E-state index in [1.54, 1.807) is 24.8 Å². The third-order valence-corrected chi connectivity index (χ3v) is 22.3. The Hall–Kier alpha value is -4.85. The molecule has 15 heteroatoms. The molecule has 0 N–H and O–H groups in total. The number of ketones is 1. The molecule has 1 saturated heterocycles. The summed E-state index contributed by atoms with van der Waals surface area (Å²) in [6.07, 6.45) is -0.678. The van der Waals surface area contributed by atoms with Crippen LogP contribution in [0.4, 0.5) is 0 Å². The van der Waals surface area contributed by atoms with Crippen molar-refractivity contribution in [1.82, 2.24) is 15.1 Å². The molecule has 62 heavy (non-hydrogen) atoms. The van der Waals surface area contributed by atoms with Crippen molar-refractivity contribution in [2.75, 3.05) is 19.5 Å². The molecule has 0 aliphatic carbocycles. The van der Waals surface area contributed by atoms with Crippen molar-refractivity contribution in [2.45, 2.75) is 75.8 Å². The zero-order chi connectivity index (χ0) is 44.7. The molecule has 0 saturated carbocycles. The van der Waals surface area contributed by atoms with Crippen molar-refractivity contribution in [2.24, 2.45) is 11.8 Å². The lowest BCUT2D eigenvalue weighted by Gasteiger charge is -2.54. The lowest BCUT2D eigenvalue weighted by Crippen LogP contribution is -2.72. The summed E-state index contributed by atoms with van der Waals surface area (Å²) in [7, 11) is -0.924. The Bertz CT molecular complexity index is 2280. The van der Waals surface area contributed by atoms with Gasteiger partial charge in [0.2, 0.25) is 5.91 Å². The molecule has 1 aliphatic heterocycles. The first kappa shape index (κ1) is 46.6. The Morgan fingerprint density at radius 1 is 0.855 bits per heavy atom.